The topological polar surface area (TPSA) is 31.5 Å². The van der Waals surface area contributed by atoms with Gasteiger partial charge in [0.25, 0.3) is 0 Å². The third-order valence-corrected chi connectivity index (χ3v) is 0. The Kier molecular flexibility index (Phi) is 108. The van der Waals surface area contributed by atoms with Crippen molar-refractivity contribution in [3.63, 3.8) is 0 Å². The maximum atomic E-state index is 0. The maximum Gasteiger partial charge on any atom is 0 e. The second-order valence-corrected chi connectivity index (χ2v) is 0. The molecule has 0 saturated heterocycles. The van der Waals surface area contributed by atoms with Crippen molar-refractivity contribution in [3.8, 4) is 0 Å². The van der Waals surface area contributed by atoms with E-state index in [1.165, 1.54) is 0 Å². The van der Waals surface area contributed by atoms with E-state index in [9.17, 15) is 0 Å². The molecule has 35 valence electrons. The van der Waals surface area contributed by atoms with Crippen LogP contribution < -0.4 is 0 Å². The van der Waals surface area contributed by atoms with Crippen molar-refractivity contribution in [1.29, 1.82) is 0 Å². The third-order valence-electron chi connectivity index (χ3n) is 0. The van der Waals surface area contributed by atoms with Gasteiger partial charge in [0.2, 0.25) is 0 Å². The summed E-state index contributed by atoms with van der Waals surface area (Å²) in [7, 11) is 0. The van der Waals surface area contributed by atoms with Crippen molar-refractivity contribution in [2.24, 2.45) is 0 Å². The van der Waals surface area contributed by atoms with Crippen molar-refractivity contribution in [2.75, 3.05) is 0 Å². The molecule has 0 heterocycles. The van der Waals surface area contributed by atoms with Gasteiger partial charge in [-0.3, -0.25) is 0 Å². The SMILES string of the molecule is O.[BaH2].[Cu].[Er]. The van der Waals surface area contributed by atoms with Crippen LogP contribution in [0.1, 0.15) is 0 Å². The standard InChI is InChI=1S/Ba.Cu.Er.H2O.2H/h;;;1H2;;. The predicted molar refractivity (Wildman–Crippen MR) is 12.2 cm³/mol. The molecule has 0 fully saturated rings. The first-order valence-electron chi connectivity index (χ1n) is 0. The van der Waals surface area contributed by atoms with Crippen LogP contribution in [-0.2, 0) is 17.1 Å². The summed E-state index contributed by atoms with van der Waals surface area (Å²) in [5.74, 6) is 0. The Hall–Kier alpha value is 3.30. The second-order valence-electron chi connectivity index (χ2n) is 0. The largest absolute Gasteiger partial charge is 0 e. The fourth-order valence-corrected chi connectivity index (χ4v) is 0. The molecule has 0 spiro atoms. The summed E-state index contributed by atoms with van der Waals surface area (Å²) in [4.78, 5) is 0. The van der Waals surface area contributed by atoms with Crippen molar-refractivity contribution >= 4 is 48.9 Å². The molecule has 0 atom stereocenters. The Morgan fingerprint density at radius 1 is 1.00 bits per heavy atom. The van der Waals surface area contributed by atoms with Crippen LogP contribution in [-0.4, -0.2) is 54.4 Å². The van der Waals surface area contributed by atoms with Crippen LogP contribution in [0.5, 0.6) is 0 Å². The zero-order valence-corrected chi connectivity index (χ0v) is 3.88. The average Bonchev–Trinajstić information content (AvgIpc) is 0. The molecule has 1 nitrogen and oxygen atoms in total. The van der Waals surface area contributed by atoms with Gasteiger partial charge in [-0.25, -0.2) is 0 Å². The molecule has 1 radical (unpaired) electrons. The molecule has 0 bridgehead atoms. The number of rotatable bonds is 0. The van der Waals surface area contributed by atoms with E-state index in [-0.39, 0.29) is 109 Å². The van der Waals surface area contributed by atoms with Crippen molar-refractivity contribution < 1.29 is 59.9 Å². The molecule has 0 aliphatic carbocycles. The summed E-state index contributed by atoms with van der Waals surface area (Å²) in [5, 5.41) is 0. The van der Waals surface area contributed by atoms with Crippen LogP contribution in [0.25, 0.3) is 0 Å². The molecule has 0 amide bonds. The molecule has 0 saturated carbocycles. The van der Waals surface area contributed by atoms with Gasteiger partial charge in [-0.1, -0.05) is 0 Å². The van der Waals surface area contributed by atoms with Gasteiger partial charge >= 0.3 is 48.9 Å². The number of hydrogen-bond acceptors (Lipinski definition) is 0. The average molecular weight is 388 g/mol. The van der Waals surface area contributed by atoms with E-state index in [1.807, 2.05) is 0 Å². The second kappa shape index (κ2) is 16.3. The molecule has 0 aromatic heterocycles. The van der Waals surface area contributed by atoms with Crippen LogP contribution in [0.4, 0.5) is 0 Å². The van der Waals surface area contributed by atoms with Crippen molar-refractivity contribution in [3.05, 3.63) is 0 Å². The summed E-state index contributed by atoms with van der Waals surface area (Å²) in [5.41, 5.74) is 0. The summed E-state index contributed by atoms with van der Waals surface area (Å²) in [6.07, 6.45) is 0. The van der Waals surface area contributed by atoms with E-state index in [1.54, 1.807) is 0 Å². The van der Waals surface area contributed by atoms with E-state index in [0.717, 1.165) is 0 Å². The van der Waals surface area contributed by atoms with Gasteiger partial charge in [0.05, 0.1) is 0 Å². The maximum absolute atomic E-state index is 0. The van der Waals surface area contributed by atoms with Gasteiger partial charge in [0, 0.05) is 54.4 Å². The van der Waals surface area contributed by atoms with E-state index in [2.05, 4.69) is 0 Å². The molecule has 0 aliphatic heterocycles. The molecule has 0 unspecified atom stereocenters. The fourth-order valence-electron chi connectivity index (χ4n) is 0. The van der Waals surface area contributed by atoms with Gasteiger partial charge in [0.15, 0.2) is 0 Å². The van der Waals surface area contributed by atoms with Gasteiger partial charge in [-0.2, -0.15) is 0 Å². The molecular formula is H4BaCuErO. The molecule has 0 rings (SSSR count). The first-order chi connectivity index (χ1) is 0. The normalized spacial score (nSPS) is 0. The smallest absolute Gasteiger partial charge is 0 e. The summed E-state index contributed by atoms with van der Waals surface area (Å²) < 4.78 is 0. The van der Waals surface area contributed by atoms with Crippen molar-refractivity contribution in [1.82, 2.24) is 0 Å². The van der Waals surface area contributed by atoms with E-state index in [4.69, 9.17) is 0 Å². The molecule has 0 aromatic rings. The Morgan fingerprint density at radius 2 is 1.00 bits per heavy atom. The first-order valence-corrected chi connectivity index (χ1v) is 0. The molecule has 0 aromatic carbocycles. The van der Waals surface area contributed by atoms with Gasteiger partial charge in [-0.05, 0) is 0 Å². The van der Waals surface area contributed by atoms with Crippen LogP contribution in [0.2, 0.25) is 0 Å². The predicted octanol–water partition coefficient (Wildman–Crippen LogP) is -1.74. The van der Waals surface area contributed by atoms with E-state index < -0.39 is 0 Å². The zero-order chi connectivity index (χ0) is 0. The van der Waals surface area contributed by atoms with Gasteiger partial charge in [0.1, 0.15) is 0 Å². The quantitative estimate of drug-likeness (QED) is 0.442. The Morgan fingerprint density at radius 3 is 1.00 bits per heavy atom. The monoisotopic (exact) mass is 387 g/mol. The molecule has 4 heavy (non-hydrogen) atoms. The van der Waals surface area contributed by atoms with Crippen LogP contribution in [0, 0.1) is 37.3 Å². The summed E-state index contributed by atoms with van der Waals surface area (Å²) in [6, 6.07) is 0. The minimum atomic E-state index is 0. The zero-order valence-electron chi connectivity index (χ0n) is 1.09. The van der Waals surface area contributed by atoms with Crippen LogP contribution >= 0.6 is 0 Å². The molecule has 2 N–H and O–H groups in total. The van der Waals surface area contributed by atoms with E-state index in [0.29, 0.717) is 0 Å². The van der Waals surface area contributed by atoms with Gasteiger partial charge < -0.3 is 5.48 Å². The van der Waals surface area contributed by atoms with Gasteiger partial charge in [-0.15, -0.1) is 0 Å². The minimum Gasteiger partial charge on any atom is 0 e. The first kappa shape index (κ1) is 26.6. The number of hydrogen-bond donors (Lipinski definition) is 0. The third kappa shape index (κ3) is 9.00. The summed E-state index contributed by atoms with van der Waals surface area (Å²) in [6.45, 7) is 0. The van der Waals surface area contributed by atoms with Crippen LogP contribution in [0.15, 0.2) is 0 Å². The Balaban J connectivity index is 0. The summed E-state index contributed by atoms with van der Waals surface area (Å²) >= 11 is 0. The Bertz CT molecular complexity index is 8.00. The molecule has 0 aliphatic rings. The van der Waals surface area contributed by atoms with Crippen LogP contribution in [0.3, 0.4) is 0 Å². The van der Waals surface area contributed by atoms with Crippen molar-refractivity contribution in [2.45, 2.75) is 0 Å². The molecule has 4 heteroatoms. The molecular weight excluding hydrogens is 384 g/mol. The van der Waals surface area contributed by atoms with E-state index >= 15 is 0 Å². The fraction of sp³-hybridized carbons (Fsp3) is 0. The minimum absolute atomic E-state index is 0. The Labute approximate surface area is 106 Å².